The van der Waals surface area contributed by atoms with E-state index in [0.717, 1.165) is 16.0 Å². The van der Waals surface area contributed by atoms with Crippen LogP contribution in [0.25, 0.3) is 6.08 Å². The van der Waals surface area contributed by atoms with Gasteiger partial charge in [-0.05, 0) is 106 Å². The van der Waals surface area contributed by atoms with Crippen LogP contribution in [0, 0.1) is 0 Å². The summed E-state index contributed by atoms with van der Waals surface area (Å²) in [5.41, 5.74) is 2.96. The third kappa shape index (κ3) is 12.4. The van der Waals surface area contributed by atoms with Gasteiger partial charge in [0.2, 0.25) is 5.91 Å². The Morgan fingerprint density at radius 2 is 1.58 bits per heavy atom. The molecular weight excluding hydrogens is 825 g/mol. The second-order valence-electron chi connectivity index (χ2n) is 15.3. The summed E-state index contributed by atoms with van der Waals surface area (Å²) in [4.78, 5) is 70.3. The Balaban J connectivity index is 1.16. The van der Waals surface area contributed by atoms with Gasteiger partial charge in [0.15, 0.2) is 0 Å². The van der Waals surface area contributed by atoms with Gasteiger partial charge < -0.3 is 35.1 Å². The number of carbonyl (C=O) groups excluding carboxylic acids is 5. The Hall–Kier alpha value is -6.38. The molecule has 14 heteroatoms. The highest BCUT2D eigenvalue weighted by atomic mass is 32.2. The molecule has 5 aromatic rings. The van der Waals surface area contributed by atoms with Crippen LogP contribution in [-0.4, -0.2) is 58.7 Å². The lowest BCUT2D eigenvalue weighted by Crippen LogP contribution is -2.39. The van der Waals surface area contributed by atoms with E-state index in [1.807, 2.05) is 43.3 Å². The van der Waals surface area contributed by atoms with Gasteiger partial charge in [-0.15, -0.1) is 23.1 Å². The summed E-state index contributed by atoms with van der Waals surface area (Å²) in [6.45, 7) is 10.2. The topological polar surface area (TPSA) is 152 Å². The predicted molar refractivity (Wildman–Crippen MR) is 243 cm³/mol. The normalized spacial score (nSPS) is 13.0. The molecule has 3 N–H and O–H groups in total. The molecule has 4 amide bonds. The van der Waals surface area contributed by atoms with Crippen molar-refractivity contribution in [1.29, 1.82) is 0 Å². The van der Waals surface area contributed by atoms with Gasteiger partial charge in [0.05, 0.1) is 24.0 Å². The molecule has 4 aromatic carbocycles. The molecule has 1 aliphatic rings. The molecule has 0 aliphatic carbocycles. The predicted octanol–water partition coefficient (Wildman–Crippen LogP) is 9.72. The lowest BCUT2D eigenvalue weighted by atomic mass is 10.0. The van der Waals surface area contributed by atoms with E-state index in [9.17, 15) is 24.0 Å². The number of esters is 1. The molecule has 0 bridgehead atoms. The molecule has 2 heterocycles. The number of benzene rings is 4. The van der Waals surface area contributed by atoms with Crippen LogP contribution in [-0.2, 0) is 38.6 Å². The van der Waals surface area contributed by atoms with Crippen molar-refractivity contribution in [2.24, 2.45) is 0 Å². The first-order valence-corrected chi connectivity index (χ1v) is 22.0. The van der Waals surface area contributed by atoms with Crippen molar-refractivity contribution in [2.45, 2.75) is 76.4 Å². The first-order valence-electron chi connectivity index (χ1n) is 20.3. The summed E-state index contributed by atoms with van der Waals surface area (Å²) in [7, 11) is 0. The number of hydrogen-bond donors (Lipinski definition) is 3. The Morgan fingerprint density at radius 1 is 0.871 bits per heavy atom. The number of anilines is 2. The molecule has 62 heavy (non-hydrogen) atoms. The van der Waals surface area contributed by atoms with E-state index in [1.54, 1.807) is 111 Å². The molecule has 12 nitrogen and oxygen atoms in total. The lowest BCUT2D eigenvalue weighted by Gasteiger charge is -2.30. The highest BCUT2D eigenvalue weighted by Crippen LogP contribution is 2.39. The molecule has 0 spiro atoms. The van der Waals surface area contributed by atoms with Crippen molar-refractivity contribution in [1.82, 2.24) is 10.2 Å². The van der Waals surface area contributed by atoms with Gasteiger partial charge in [-0.3, -0.25) is 14.4 Å². The molecule has 1 aliphatic heterocycles. The fourth-order valence-corrected chi connectivity index (χ4v) is 8.70. The van der Waals surface area contributed by atoms with Crippen molar-refractivity contribution in [3.8, 4) is 5.75 Å². The molecule has 0 radical (unpaired) electrons. The second-order valence-corrected chi connectivity index (χ2v) is 17.7. The van der Waals surface area contributed by atoms with Crippen LogP contribution in [0.1, 0.15) is 83.3 Å². The number of thiophene rings is 1. The van der Waals surface area contributed by atoms with E-state index in [0.29, 0.717) is 64.0 Å². The van der Waals surface area contributed by atoms with Gasteiger partial charge in [0, 0.05) is 27.6 Å². The maximum atomic E-state index is 13.9. The van der Waals surface area contributed by atoms with E-state index >= 15 is 0 Å². The zero-order valence-electron chi connectivity index (χ0n) is 35.3. The average Bonchev–Trinajstić information content (AvgIpc) is 3.62. The second kappa shape index (κ2) is 20.9. The van der Waals surface area contributed by atoms with Gasteiger partial charge >= 0.3 is 12.1 Å². The van der Waals surface area contributed by atoms with Crippen LogP contribution in [0.15, 0.2) is 120 Å². The third-order valence-corrected chi connectivity index (χ3v) is 11.9. The number of fused-ring (bicyclic) bond motifs is 1. The summed E-state index contributed by atoms with van der Waals surface area (Å²) >= 11 is 2.56. The third-order valence-electron chi connectivity index (χ3n) is 9.43. The van der Waals surface area contributed by atoms with Crippen LogP contribution < -0.4 is 20.7 Å². The van der Waals surface area contributed by atoms with Crippen molar-refractivity contribution in [2.75, 3.05) is 23.8 Å². The highest BCUT2D eigenvalue weighted by molar-refractivity contribution is 8.00. The molecule has 6 rings (SSSR count). The number of ether oxygens (including phenoxy) is 3. The molecule has 0 saturated heterocycles. The number of rotatable bonds is 15. The number of thioether (sulfide) groups is 1. The number of hydrogen-bond acceptors (Lipinski definition) is 10. The Kier molecular flexibility index (Phi) is 15.2. The summed E-state index contributed by atoms with van der Waals surface area (Å²) < 4.78 is 16.9. The highest BCUT2D eigenvalue weighted by Gasteiger charge is 2.33. The quantitative estimate of drug-likeness (QED) is 0.0530. The lowest BCUT2D eigenvalue weighted by molar-refractivity contribution is -0.116. The van der Waals surface area contributed by atoms with Crippen molar-refractivity contribution in [3.05, 3.63) is 148 Å². The van der Waals surface area contributed by atoms with Gasteiger partial charge in [0.25, 0.3) is 11.8 Å². The Labute approximate surface area is 370 Å². The van der Waals surface area contributed by atoms with E-state index in [2.05, 4.69) is 16.0 Å². The standard InChI is InChI=1S/C48H50N4O8S2/c1-6-39(44(55)51-45-41(46(56)58-7-2)37-25-26-52(29-40(37)62-45)47(57)60-48(3,4)5)61-36-20-14-19-34(28-36)49-43(54)38(50-42(53)33-17-12-9-13-18-33)27-31-21-23-35(24-22-31)59-30-32-15-10-8-11-16-32/h8-24,27-28,39H,6-7,25-26,29-30H2,1-5H3,(H,49,54)(H,50,53)(H,51,55)/b38-27+. The molecule has 322 valence electrons. The van der Waals surface area contributed by atoms with Crippen molar-refractivity contribution in [3.63, 3.8) is 0 Å². The molecule has 0 fully saturated rings. The SMILES string of the molecule is CCOC(=O)c1c(NC(=O)C(CC)Sc2cccc(NC(=O)/C(=C\c3ccc(OCc4ccccc4)cc3)NC(=O)c3ccccc3)c2)sc2c1CCN(C(=O)OC(C)(C)C)C2. The molecule has 0 saturated carbocycles. The fraction of sp³-hybridized carbons (Fsp3) is 0.271. The largest absolute Gasteiger partial charge is 0.489 e. The zero-order chi connectivity index (χ0) is 44.2. The zero-order valence-corrected chi connectivity index (χ0v) is 37.0. The molecule has 1 unspecified atom stereocenters. The van der Waals surface area contributed by atoms with Crippen LogP contribution >= 0.6 is 23.1 Å². The maximum Gasteiger partial charge on any atom is 0.410 e. The average molecular weight is 875 g/mol. The number of nitrogens with one attached hydrogen (secondary N) is 3. The van der Waals surface area contributed by atoms with Gasteiger partial charge in [0.1, 0.15) is 28.7 Å². The smallest absolute Gasteiger partial charge is 0.410 e. The number of amides is 4. The first-order chi connectivity index (χ1) is 29.8. The summed E-state index contributed by atoms with van der Waals surface area (Å²) in [5, 5.41) is 8.47. The van der Waals surface area contributed by atoms with Gasteiger partial charge in [-0.25, -0.2) is 9.59 Å². The molecule has 1 aromatic heterocycles. The van der Waals surface area contributed by atoms with E-state index in [4.69, 9.17) is 14.2 Å². The molecule has 1 atom stereocenters. The minimum atomic E-state index is -0.659. The van der Waals surface area contributed by atoms with E-state index in [-0.39, 0.29) is 24.8 Å². The summed E-state index contributed by atoms with van der Waals surface area (Å²) in [6.07, 6.45) is 2.01. The monoisotopic (exact) mass is 874 g/mol. The minimum absolute atomic E-state index is 0.0194. The van der Waals surface area contributed by atoms with Crippen LogP contribution in [0.5, 0.6) is 5.75 Å². The van der Waals surface area contributed by atoms with Crippen molar-refractivity contribution >= 4 is 69.6 Å². The Bertz CT molecular complexity index is 2410. The Morgan fingerprint density at radius 3 is 2.26 bits per heavy atom. The number of nitrogens with zero attached hydrogens (tertiary/aromatic N) is 1. The van der Waals surface area contributed by atoms with Gasteiger partial charge in [-0.2, -0.15) is 0 Å². The van der Waals surface area contributed by atoms with Crippen molar-refractivity contribution < 1.29 is 38.2 Å². The fourth-order valence-electron chi connectivity index (χ4n) is 6.43. The molecular formula is C48H50N4O8S2. The van der Waals surface area contributed by atoms with Gasteiger partial charge in [-0.1, -0.05) is 73.7 Å². The summed E-state index contributed by atoms with van der Waals surface area (Å²) in [6, 6.07) is 32.7. The van der Waals surface area contributed by atoms with Crippen LogP contribution in [0.4, 0.5) is 15.5 Å². The minimum Gasteiger partial charge on any atom is -0.489 e. The van der Waals surface area contributed by atoms with E-state index < -0.39 is 34.7 Å². The number of carbonyl (C=O) groups is 5. The van der Waals surface area contributed by atoms with Crippen LogP contribution in [0.2, 0.25) is 0 Å². The maximum absolute atomic E-state index is 13.9. The van der Waals surface area contributed by atoms with E-state index in [1.165, 1.54) is 23.1 Å². The van der Waals surface area contributed by atoms with Crippen LogP contribution in [0.3, 0.4) is 0 Å². The first kappa shape index (κ1) is 45.2. The summed E-state index contributed by atoms with van der Waals surface area (Å²) in [5.74, 6) is -1.20.